The summed E-state index contributed by atoms with van der Waals surface area (Å²) in [5.74, 6) is 2.18. The van der Waals surface area contributed by atoms with Crippen LogP contribution in [0.5, 0.6) is 0 Å². The molecule has 132 valence electrons. The number of rotatable bonds is 3. The maximum Gasteiger partial charge on any atom is 0.246 e. The molecular weight excluding hydrogens is 340 g/mol. The molecule has 6 nitrogen and oxygen atoms in total. The molecule has 0 aliphatic carbocycles. The molecule has 2 aromatic rings. The molecule has 0 bridgehead atoms. The van der Waals surface area contributed by atoms with E-state index >= 15 is 0 Å². The van der Waals surface area contributed by atoms with Gasteiger partial charge in [-0.25, -0.2) is 0 Å². The number of fused-ring (bicyclic) bond motifs is 1. The van der Waals surface area contributed by atoms with Gasteiger partial charge >= 0.3 is 0 Å². The summed E-state index contributed by atoms with van der Waals surface area (Å²) >= 11 is 6.25. The van der Waals surface area contributed by atoms with E-state index in [0.717, 1.165) is 43.3 Å². The molecule has 0 N–H and O–H groups in total. The first-order valence-corrected chi connectivity index (χ1v) is 9.06. The van der Waals surface area contributed by atoms with Crippen LogP contribution in [0.15, 0.2) is 24.3 Å². The molecule has 0 saturated carbocycles. The summed E-state index contributed by atoms with van der Waals surface area (Å²) in [5.41, 5.74) is 0.947. The van der Waals surface area contributed by atoms with Crippen molar-refractivity contribution in [3.05, 3.63) is 46.5 Å². The minimum atomic E-state index is -0.293. The molecule has 0 radical (unpaired) electrons. The highest BCUT2D eigenvalue weighted by Crippen LogP contribution is 2.32. The normalized spacial score (nSPS) is 21.4. The van der Waals surface area contributed by atoms with E-state index in [1.54, 1.807) is 0 Å². The lowest BCUT2D eigenvalue weighted by Crippen LogP contribution is -2.42. The zero-order valence-electron chi connectivity index (χ0n) is 14.2. The summed E-state index contributed by atoms with van der Waals surface area (Å²) in [7, 11) is 0. The van der Waals surface area contributed by atoms with Gasteiger partial charge in [0.1, 0.15) is 11.9 Å². The third kappa shape index (κ3) is 3.04. The van der Waals surface area contributed by atoms with Crippen molar-refractivity contribution in [2.24, 2.45) is 0 Å². The predicted octanol–water partition coefficient (Wildman–Crippen LogP) is 2.93. The standard InChI is InChI=1S/C18H21ClN4O2/c1-12-18(24)22(10-14-4-2-3-5-15(14)19)11-16-20-21-17(23(12)16)13-6-8-25-9-7-13/h2-5,12-13H,6-11H2,1H3/t12-/m0/s1. The second-order valence-electron chi connectivity index (χ2n) is 6.69. The molecule has 1 aromatic carbocycles. The summed E-state index contributed by atoms with van der Waals surface area (Å²) in [6.07, 6.45) is 1.87. The van der Waals surface area contributed by atoms with Gasteiger partial charge in [-0.05, 0) is 31.4 Å². The van der Waals surface area contributed by atoms with Gasteiger partial charge in [-0.2, -0.15) is 0 Å². The van der Waals surface area contributed by atoms with Crippen LogP contribution in [0.2, 0.25) is 5.02 Å². The largest absolute Gasteiger partial charge is 0.381 e. The van der Waals surface area contributed by atoms with Crippen molar-refractivity contribution in [2.45, 2.75) is 44.8 Å². The van der Waals surface area contributed by atoms with Crippen LogP contribution in [0.4, 0.5) is 0 Å². The van der Waals surface area contributed by atoms with Crippen LogP contribution in [0, 0.1) is 0 Å². The summed E-state index contributed by atoms with van der Waals surface area (Å²) in [6, 6.07) is 7.33. The van der Waals surface area contributed by atoms with Crippen molar-refractivity contribution in [3.8, 4) is 0 Å². The second-order valence-corrected chi connectivity index (χ2v) is 7.10. The molecule has 1 fully saturated rings. The Bertz CT molecular complexity index is 785. The van der Waals surface area contributed by atoms with Crippen molar-refractivity contribution < 1.29 is 9.53 Å². The maximum atomic E-state index is 12.9. The van der Waals surface area contributed by atoms with E-state index in [1.165, 1.54) is 0 Å². The van der Waals surface area contributed by atoms with Crippen molar-refractivity contribution in [3.63, 3.8) is 0 Å². The molecule has 1 aromatic heterocycles. The summed E-state index contributed by atoms with van der Waals surface area (Å²) in [5, 5.41) is 9.47. The Morgan fingerprint density at radius 1 is 1.24 bits per heavy atom. The number of carbonyl (C=O) groups is 1. The van der Waals surface area contributed by atoms with Gasteiger partial charge in [0.25, 0.3) is 0 Å². The fraction of sp³-hybridized carbons (Fsp3) is 0.500. The van der Waals surface area contributed by atoms with Crippen molar-refractivity contribution in [1.29, 1.82) is 0 Å². The third-order valence-corrected chi connectivity index (χ3v) is 5.46. The van der Waals surface area contributed by atoms with Crippen LogP contribution in [0.3, 0.4) is 0 Å². The quantitative estimate of drug-likeness (QED) is 0.844. The zero-order chi connectivity index (χ0) is 17.4. The Morgan fingerprint density at radius 2 is 2.00 bits per heavy atom. The van der Waals surface area contributed by atoms with Gasteiger partial charge in [-0.3, -0.25) is 4.79 Å². The smallest absolute Gasteiger partial charge is 0.246 e. The van der Waals surface area contributed by atoms with E-state index in [-0.39, 0.29) is 11.9 Å². The van der Waals surface area contributed by atoms with E-state index in [2.05, 4.69) is 10.2 Å². The number of ether oxygens (including phenoxy) is 1. The maximum absolute atomic E-state index is 12.9. The molecule has 0 unspecified atom stereocenters. The number of aromatic nitrogens is 3. The van der Waals surface area contributed by atoms with Gasteiger partial charge in [0.05, 0.1) is 6.54 Å². The Hall–Kier alpha value is -1.92. The van der Waals surface area contributed by atoms with E-state index in [1.807, 2.05) is 40.7 Å². The lowest BCUT2D eigenvalue weighted by Gasteiger charge is -2.33. The number of hydrogen-bond acceptors (Lipinski definition) is 4. The van der Waals surface area contributed by atoms with Gasteiger partial charge in [-0.1, -0.05) is 29.8 Å². The van der Waals surface area contributed by atoms with Crippen LogP contribution in [-0.4, -0.2) is 38.8 Å². The summed E-state index contributed by atoms with van der Waals surface area (Å²) in [4.78, 5) is 14.7. The molecule has 0 spiro atoms. The van der Waals surface area contributed by atoms with E-state index in [9.17, 15) is 4.79 Å². The average molecular weight is 361 g/mol. The minimum absolute atomic E-state index is 0.0838. The predicted molar refractivity (Wildman–Crippen MR) is 93.2 cm³/mol. The molecule has 1 atom stereocenters. The average Bonchev–Trinajstić information content (AvgIpc) is 3.06. The topological polar surface area (TPSA) is 60.3 Å². The molecule has 2 aliphatic rings. The number of halogens is 1. The van der Waals surface area contributed by atoms with Gasteiger partial charge < -0.3 is 14.2 Å². The van der Waals surface area contributed by atoms with E-state index in [4.69, 9.17) is 16.3 Å². The molecule has 4 rings (SSSR count). The molecule has 1 amide bonds. The second kappa shape index (κ2) is 6.77. The fourth-order valence-electron chi connectivity index (χ4n) is 3.69. The van der Waals surface area contributed by atoms with Crippen molar-refractivity contribution >= 4 is 17.5 Å². The summed E-state index contributed by atoms with van der Waals surface area (Å²) < 4.78 is 7.47. The number of benzene rings is 1. The highest BCUT2D eigenvalue weighted by molar-refractivity contribution is 6.31. The first-order chi connectivity index (χ1) is 12.1. The molecular formula is C18H21ClN4O2. The lowest BCUT2D eigenvalue weighted by atomic mass is 9.98. The highest BCUT2D eigenvalue weighted by Gasteiger charge is 2.35. The Labute approximate surface area is 151 Å². The van der Waals surface area contributed by atoms with Crippen LogP contribution >= 0.6 is 11.6 Å². The molecule has 7 heteroatoms. The lowest BCUT2D eigenvalue weighted by molar-refractivity contribution is -0.137. The van der Waals surface area contributed by atoms with Crippen LogP contribution in [-0.2, 0) is 22.6 Å². The number of nitrogens with zero attached hydrogens (tertiary/aromatic N) is 4. The Morgan fingerprint density at radius 3 is 2.76 bits per heavy atom. The van der Waals surface area contributed by atoms with Crippen molar-refractivity contribution in [2.75, 3.05) is 13.2 Å². The van der Waals surface area contributed by atoms with Crippen LogP contribution in [0.25, 0.3) is 0 Å². The Balaban J connectivity index is 1.60. The number of amides is 1. The highest BCUT2D eigenvalue weighted by atomic mass is 35.5. The van der Waals surface area contributed by atoms with Gasteiger partial charge in [0, 0.05) is 30.7 Å². The van der Waals surface area contributed by atoms with Gasteiger partial charge in [0.15, 0.2) is 5.82 Å². The zero-order valence-corrected chi connectivity index (χ0v) is 14.9. The third-order valence-electron chi connectivity index (χ3n) is 5.09. The Kier molecular flexibility index (Phi) is 4.48. The molecule has 25 heavy (non-hydrogen) atoms. The summed E-state index contributed by atoms with van der Waals surface area (Å²) in [6.45, 7) is 4.37. The monoisotopic (exact) mass is 360 g/mol. The van der Waals surface area contributed by atoms with E-state index in [0.29, 0.717) is 24.0 Å². The van der Waals surface area contributed by atoms with Crippen molar-refractivity contribution in [1.82, 2.24) is 19.7 Å². The minimum Gasteiger partial charge on any atom is -0.381 e. The van der Waals surface area contributed by atoms with Crippen LogP contribution in [0.1, 0.15) is 48.9 Å². The SMILES string of the molecule is C[C@H]1C(=O)N(Cc2ccccc2Cl)Cc2nnc(C3CCOCC3)n21. The van der Waals surface area contributed by atoms with Gasteiger partial charge in [-0.15, -0.1) is 10.2 Å². The number of hydrogen-bond donors (Lipinski definition) is 0. The van der Waals surface area contributed by atoms with Gasteiger partial charge in [0.2, 0.25) is 5.91 Å². The van der Waals surface area contributed by atoms with Crippen LogP contribution < -0.4 is 0 Å². The fourth-order valence-corrected chi connectivity index (χ4v) is 3.89. The molecule has 3 heterocycles. The molecule has 2 aliphatic heterocycles. The first kappa shape index (κ1) is 16.5. The molecule has 1 saturated heterocycles. The van der Waals surface area contributed by atoms with E-state index < -0.39 is 0 Å². The number of carbonyl (C=O) groups excluding carboxylic acids is 1. The first-order valence-electron chi connectivity index (χ1n) is 8.68.